The van der Waals surface area contributed by atoms with E-state index in [-0.39, 0.29) is 5.75 Å². The minimum atomic E-state index is 0.148. The quantitative estimate of drug-likeness (QED) is 0.795. The van der Waals surface area contributed by atoms with Crippen molar-refractivity contribution < 1.29 is 9.84 Å². The Labute approximate surface area is 102 Å². The van der Waals surface area contributed by atoms with E-state index in [1.165, 1.54) is 6.20 Å². The number of hydrogen-bond donors (Lipinski definition) is 2. The number of rotatable bonds is 6. The summed E-state index contributed by atoms with van der Waals surface area (Å²) in [5.41, 5.74) is 0.680. The number of aromatic nitrogens is 1. The summed E-state index contributed by atoms with van der Waals surface area (Å²) in [4.78, 5) is 4.03. The number of aromatic hydroxyl groups is 1. The monoisotopic (exact) mass is 236 g/mol. The van der Waals surface area contributed by atoms with Crippen LogP contribution in [0.25, 0.3) is 6.08 Å². The highest BCUT2D eigenvalue weighted by atomic mass is 16.5. The van der Waals surface area contributed by atoms with Crippen molar-refractivity contribution in [1.29, 1.82) is 0 Å². The predicted molar refractivity (Wildman–Crippen MR) is 69.2 cm³/mol. The minimum absolute atomic E-state index is 0.148. The van der Waals surface area contributed by atoms with E-state index in [9.17, 15) is 5.11 Å². The lowest BCUT2D eigenvalue weighted by Crippen LogP contribution is -2.19. The first kappa shape index (κ1) is 13.5. The van der Waals surface area contributed by atoms with E-state index in [1.54, 1.807) is 6.20 Å². The van der Waals surface area contributed by atoms with Gasteiger partial charge in [0, 0.05) is 17.8 Å². The summed E-state index contributed by atoms with van der Waals surface area (Å²) >= 11 is 0. The zero-order chi connectivity index (χ0) is 12.7. The van der Waals surface area contributed by atoms with Crippen LogP contribution >= 0.6 is 0 Å². The summed E-state index contributed by atoms with van der Waals surface area (Å²) < 4.78 is 5.27. The van der Waals surface area contributed by atoms with Crippen LogP contribution in [-0.2, 0) is 0 Å². The van der Waals surface area contributed by atoms with Gasteiger partial charge in [0.05, 0.1) is 12.8 Å². The average molecular weight is 236 g/mol. The first-order valence-electron chi connectivity index (χ1n) is 5.82. The Morgan fingerprint density at radius 2 is 2.29 bits per heavy atom. The molecule has 1 heterocycles. The van der Waals surface area contributed by atoms with Gasteiger partial charge in [-0.15, -0.1) is 0 Å². The molecule has 0 aliphatic carbocycles. The van der Waals surface area contributed by atoms with Crippen LogP contribution in [-0.4, -0.2) is 29.8 Å². The van der Waals surface area contributed by atoms with E-state index in [1.807, 2.05) is 26.1 Å². The maximum Gasteiger partial charge on any atom is 0.179 e. The average Bonchev–Trinajstić information content (AvgIpc) is 2.33. The van der Waals surface area contributed by atoms with Gasteiger partial charge in [-0.2, -0.15) is 0 Å². The van der Waals surface area contributed by atoms with E-state index in [0.717, 1.165) is 6.42 Å². The zero-order valence-electron chi connectivity index (χ0n) is 10.6. The molecule has 94 valence electrons. The molecule has 4 heteroatoms. The third-order valence-corrected chi connectivity index (χ3v) is 2.49. The van der Waals surface area contributed by atoms with Crippen molar-refractivity contribution in [3.8, 4) is 11.5 Å². The molecule has 0 bridgehead atoms. The first-order chi connectivity index (χ1) is 8.19. The molecule has 4 nitrogen and oxygen atoms in total. The molecule has 0 saturated carbocycles. The fourth-order valence-electron chi connectivity index (χ4n) is 1.35. The summed E-state index contributed by atoms with van der Waals surface area (Å²) in [7, 11) is 1.92. The number of nitrogens with one attached hydrogen (secondary N) is 1. The van der Waals surface area contributed by atoms with Crippen LogP contribution in [0.15, 0.2) is 18.5 Å². The molecule has 1 atom stereocenters. The van der Waals surface area contributed by atoms with E-state index in [0.29, 0.717) is 24.0 Å². The van der Waals surface area contributed by atoms with Gasteiger partial charge in [0.25, 0.3) is 0 Å². The molecule has 0 aliphatic rings. The lowest BCUT2D eigenvalue weighted by Gasteiger charge is -2.07. The van der Waals surface area contributed by atoms with Crippen molar-refractivity contribution in [1.82, 2.24) is 10.3 Å². The fraction of sp³-hybridized carbons (Fsp3) is 0.462. The number of ether oxygens (including phenoxy) is 1. The second-order valence-corrected chi connectivity index (χ2v) is 3.84. The fourth-order valence-corrected chi connectivity index (χ4v) is 1.35. The van der Waals surface area contributed by atoms with Gasteiger partial charge < -0.3 is 15.2 Å². The Hall–Kier alpha value is -1.55. The lowest BCUT2D eigenvalue weighted by molar-refractivity contribution is 0.316. The van der Waals surface area contributed by atoms with Crippen molar-refractivity contribution in [3.63, 3.8) is 0 Å². The minimum Gasteiger partial charge on any atom is -0.504 e. The number of hydrogen-bond acceptors (Lipinski definition) is 4. The molecule has 2 N–H and O–H groups in total. The molecule has 0 fully saturated rings. The maximum atomic E-state index is 9.91. The highest BCUT2D eigenvalue weighted by molar-refractivity contribution is 5.59. The molecule has 1 aromatic rings. The van der Waals surface area contributed by atoms with Crippen molar-refractivity contribution >= 4 is 6.08 Å². The molecule has 0 aromatic carbocycles. The van der Waals surface area contributed by atoms with Crippen LogP contribution in [0.3, 0.4) is 0 Å². The molecular weight excluding hydrogens is 216 g/mol. The Kier molecular flexibility index (Phi) is 5.49. The van der Waals surface area contributed by atoms with Gasteiger partial charge in [-0.3, -0.25) is 4.98 Å². The summed E-state index contributed by atoms with van der Waals surface area (Å²) in [6.07, 6.45) is 7.91. The Morgan fingerprint density at radius 3 is 2.94 bits per heavy atom. The Bertz CT molecular complexity index is 378. The number of pyridine rings is 1. The van der Waals surface area contributed by atoms with E-state index < -0.39 is 0 Å². The third-order valence-electron chi connectivity index (χ3n) is 2.49. The molecule has 0 radical (unpaired) electrons. The maximum absolute atomic E-state index is 9.91. The highest BCUT2D eigenvalue weighted by Gasteiger charge is 2.05. The van der Waals surface area contributed by atoms with Crippen molar-refractivity contribution in [2.75, 3.05) is 13.7 Å². The predicted octanol–water partition coefficient (Wildman–Crippen LogP) is 2.20. The van der Waals surface area contributed by atoms with Crippen molar-refractivity contribution in [2.45, 2.75) is 26.3 Å². The SMILES string of the molecule is CCOc1cncc(C=CCC(C)NC)c1O. The molecule has 17 heavy (non-hydrogen) atoms. The summed E-state index contributed by atoms with van der Waals surface area (Å²) in [5, 5.41) is 13.1. The van der Waals surface area contributed by atoms with Gasteiger partial charge in [0.2, 0.25) is 0 Å². The van der Waals surface area contributed by atoms with Crippen molar-refractivity contribution in [2.24, 2.45) is 0 Å². The molecular formula is C13H20N2O2. The summed E-state index contributed by atoms with van der Waals surface area (Å²) in [6.45, 7) is 4.48. The molecule has 0 saturated heterocycles. The van der Waals surface area contributed by atoms with Crippen LogP contribution in [0.4, 0.5) is 0 Å². The molecule has 0 amide bonds. The van der Waals surface area contributed by atoms with Crippen LogP contribution in [0.5, 0.6) is 11.5 Å². The van der Waals surface area contributed by atoms with E-state index >= 15 is 0 Å². The standard InChI is InChI=1S/C13H20N2O2/c1-4-17-12-9-15-8-11(13(12)16)7-5-6-10(2)14-3/h5,7-10,14H,4,6H2,1-3H3,(H,15,16). The Morgan fingerprint density at radius 1 is 1.53 bits per heavy atom. The molecule has 1 rings (SSSR count). The summed E-state index contributed by atoms with van der Waals surface area (Å²) in [6, 6.07) is 0.413. The molecule has 0 aliphatic heterocycles. The summed E-state index contributed by atoms with van der Waals surface area (Å²) in [5.74, 6) is 0.575. The van der Waals surface area contributed by atoms with Crippen LogP contribution < -0.4 is 10.1 Å². The third kappa shape index (κ3) is 4.07. The highest BCUT2D eigenvalue weighted by Crippen LogP contribution is 2.29. The molecule has 0 spiro atoms. The topological polar surface area (TPSA) is 54.4 Å². The van der Waals surface area contributed by atoms with E-state index in [4.69, 9.17) is 4.74 Å². The largest absolute Gasteiger partial charge is 0.504 e. The van der Waals surface area contributed by atoms with Gasteiger partial charge >= 0.3 is 0 Å². The van der Waals surface area contributed by atoms with Crippen LogP contribution in [0.2, 0.25) is 0 Å². The molecule has 1 unspecified atom stereocenters. The Balaban J connectivity index is 2.74. The number of nitrogens with zero attached hydrogens (tertiary/aromatic N) is 1. The van der Waals surface area contributed by atoms with Crippen molar-refractivity contribution in [3.05, 3.63) is 24.0 Å². The second kappa shape index (κ2) is 6.91. The smallest absolute Gasteiger partial charge is 0.179 e. The normalized spacial score (nSPS) is 12.9. The second-order valence-electron chi connectivity index (χ2n) is 3.84. The lowest BCUT2D eigenvalue weighted by atomic mass is 10.2. The van der Waals surface area contributed by atoms with Gasteiger partial charge in [-0.25, -0.2) is 0 Å². The first-order valence-corrected chi connectivity index (χ1v) is 5.82. The van der Waals surface area contributed by atoms with Crippen LogP contribution in [0, 0.1) is 0 Å². The van der Waals surface area contributed by atoms with Gasteiger partial charge in [-0.05, 0) is 27.3 Å². The van der Waals surface area contributed by atoms with Crippen LogP contribution in [0.1, 0.15) is 25.8 Å². The van der Waals surface area contributed by atoms with Gasteiger partial charge in [0.15, 0.2) is 11.5 Å². The van der Waals surface area contributed by atoms with Gasteiger partial charge in [0.1, 0.15) is 0 Å². The zero-order valence-corrected chi connectivity index (χ0v) is 10.6. The van der Waals surface area contributed by atoms with Gasteiger partial charge in [-0.1, -0.05) is 12.2 Å². The van der Waals surface area contributed by atoms with E-state index in [2.05, 4.69) is 17.2 Å². The molecule has 1 aromatic heterocycles.